The van der Waals surface area contributed by atoms with Crippen LogP contribution in [0.25, 0.3) is 10.4 Å². The largest absolute Gasteiger partial charge is 0.461 e. The summed E-state index contributed by atoms with van der Waals surface area (Å²) in [5.74, 6) is -0.373. The molecule has 0 aliphatic carbocycles. The quantitative estimate of drug-likeness (QED) is 0.765. The zero-order valence-corrected chi connectivity index (χ0v) is 9.53. The molecule has 0 bridgehead atoms. The van der Waals surface area contributed by atoms with Crippen molar-refractivity contribution in [1.29, 1.82) is 0 Å². The molecular weight excluding hydrogens is 224 g/mol. The Morgan fingerprint density at radius 1 is 1.50 bits per heavy atom. The summed E-state index contributed by atoms with van der Waals surface area (Å²) < 4.78 is 4.87. The van der Waals surface area contributed by atoms with Gasteiger partial charge in [0.1, 0.15) is 0 Å². The minimum Gasteiger partial charge on any atom is -0.461 e. The summed E-state index contributed by atoms with van der Waals surface area (Å²) in [4.78, 5) is 20.4. The Balaban J connectivity index is 2.23. The van der Waals surface area contributed by atoms with Crippen LogP contribution in [0.3, 0.4) is 0 Å². The zero-order chi connectivity index (χ0) is 11.4. The molecule has 82 valence electrons. The van der Waals surface area contributed by atoms with E-state index in [1.165, 1.54) is 11.3 Å². The first-order valence-corrected chi connectivity index (χ1v) is 5.66. The summed E-state index contributed by atoms with van der Waals surface area (Å²) >= 11 is 1.31. The van der Waals surface area contributed by atoms with Gasteiger partial charge in [0.25, 0.3) is 0 Å². The van der Waals surface area contributed by atoms with E-state index in [0.717, 1.165) is 10.4 Å². The molecule has 0 radical (unpaired) electrons. The summed E-state index contributed by atoms with van der Waals surface area (Å²) in [5, 5.41) is 0.376. The lowest BCUT2D eigenvalue weighted by molar-refractivity contribution is 0.0526. The number of hydrogen-bond donors (Lipinski definition) is 0. The van der Waals surface area contributed by atoms with Gasteiger partial charge in [0.2, 0.25) is 5.01 Å². The minimum atomic E-state index is -0.373. The van der Waals surface area contributed by atoms with Crippen LogP contribution in [0.5, 0.6) is 0 Å². The van der Waals surface area contributed by atoms with Crippen molar-refractivity contribution in [2.24, 2.45) is 0 Å². The highest BCUT2D eigenvalue weighted by atomic mass is 32.1. The van der Waals surface area contributed by atoms with Crippen LogP contribution >= 0.6 is 11.3 Å². The van der Waals surface area contributed by atoms with Crippen LogP contribution in [-0.2, 0) is 4.74 Å². The second-order valence-corrected chi connectivity index (χ2v) is 4.02. The number of rotatable bonds is 3. The van der Waals surface area contributed by atoms with Crippen LogP contribution in [0.15, 0.2) is 30.7 Å². The molecule has 0 amide bonds. The minimum absolute atomic E-state index is 0.362. The average Bonchev–Trinajstić information content (AvgIpc) is 2.80. The number of pyridine rings is 1. The van der Waals surface area contributed by atoms with Crippen LogP contribution in [-0.4, -0.2) is 22.5 Å². The second-order valence-electron chi connectivity index (χ2n) is 2.99. The molecular formula is C11H10N2O2S. The molecule has 2 aromatic heterocycles. The molecule has 0 aliphatic heterocycles. The molecule has 0 atom stereocenters. The zero-order valence-electron chi connectivity index (χ0n) is 8.71. The summed E-state index contributed by atoms with van der Waals surface area (Å²) in [5.41, 5.74) is 0.954. The molecule has 0 spiro atoms. The lowest BCUT2D eigenvalue weighted by atomic mass is 10.3. The molecule has 2 rings (SSSR count). The summed E-state index contributed by atoms with van der Waals surface area (Å²) in [7, 11) is 0. The fourth-order valence-electron chi connectivity index (χ4n) is 1.20. The van der Waals surface area contributed by atoms with Gasteiger partial charge in [-0.1, -0.05) is 6.07 Å². The average molecular weight is 234 g/mol. The maximum Gasteiger partial charge on any atom is 0.367 e. The molecule has 16 heavy (non-hydrogen) atoms. The van der Waals surface area contributed by atoms with Crippen molar-refractivity contribution in [2.45, 2.75) is 6.92 Å². The predicted molar refractivity (Wildman–Crippen MR) is 61.3 cm³/mol. The first kappa shape index (κ1) is 10.8. The van der Waals surface area contributed by atoms with E-state index in [0.29, 0.717) is 11.6 Å². The van der Waals surface area contributed by atoms with Gasteiger partial charge in [-0.25, -0.2) is 9.78 Å². The Morgan fingerprint density at radius 3 is 3.06 bits per heavy atom. The van der Waals surface area contributed by atoms with Gasteiger partial charge in [0.05, 0.1) is 11.5 Å². The van der Waals surface area contributed by atoms with Crippen molar-refractivity contribution in [3.8, 4) is 10.4 Å². The molecule has 0 fully saturated rings. The highest BCUT2D eigenvalue weighted by molar-refractivity contribution is 7.16. The Morgan fingerprint density at radius 2 is 2.38 bits per heavy atom. The van der Waals surface area contributed by atoms with Gasteiger partial charge in [-0.15, -0.1) is 11.3 Å². The number of esters is 1. The molecule has 0 N–H and O–H groups in total. The summed E-state index contributed by atoms with van der Waals surface area (Å²) in [6, 6.07) is 3.77. The molecule has 5 heteroatoms. The Hall–Kier alpha value is -1.75. The van der Waals surface area contributed by atoms with Gasteiger partial charge < -0.3 is 4.74 Å². The number of thiazole rings is 1. The van der Waals surface area contributed by atoms with Gasteiger partial charge >= 0.3 is 5.97 Å². The lowest BCUT2D eigenvalue weighted by Crippen LogP contribution is -2.03. The van der Waals surface area contributed by atoms with E-state index < -0.39 is 0 Å². The topological polar surface area (TPSA) is 52.1 Å². The van der Waals surface area contributed by atoms with Crippen molar-refractivity contribution in [3.05, 3.63) is 35.7 Å². The normalized spacial score (nSPS) is 10.1. The predicted octanol–water partition coefficient (Wildman–Crippen LogP) is 2.38. The van der Waals surface area contributed by atoms with Crippen molar-refractivity contribution in [2.75, 3.05) is 6.61 Å². The summed E-state index contributed by atoms with van der Waals surface area (Å²) in [6.45, 7) is 2.13. The molecule has 4 nitrogen and oxygen atoms in total. The first-order valence-electron chi connectivity index (χ1n) is 4.84. The van der Waals surface area contributed by atoms with E-state index in [4.69, 9.17) is 4.74 Å². The van der Waals surface area contributed by atoms with E-state index in [-0.39, 0.29) is 5.97 Å². The number of carbonyl (C=O) groups is 1. The fourth-order valence-corrected chi connectivity index (χ4v) is 2.00. The van der Waals surface area contributed by atoms with Crippen molar-refractivity contribution in [1.82, 2.24) is 9.97 Å². The standard InChI is InChI=1S/C11H10N2O2S/c1-2-15-11(14)10-13-7-9(16-10)8-4-3-5-12-6-8/h3-7H,2H2,1H3. The number of ether oxygens (including phenoxy) is 1. The monoisotopic (exact) mass is 234 g/mol. The van der Waals surface area contributed by atoms with Crippen molar-refractivity contribution >= 4 is 17.3 Å². The van der Waals surface area contributed by atoms with Gasteiger partial charge in [-0.05, 0) is 13.0 Å². The van der Waals surface area contributed by atoms with Crippen LogP contribution in [0, 0.1) is 0 Å². The molecule has 0 aromatic carbocycles. The maximum atomic E-state index is 11.4. The van der Waals surface area contributed by atoms with E-state index in [1.54, 1.807) is 25.5 Å². The Bertz CT molecular complexity index is 482. The molecule has 2 aromatic rings. The Kier molecular flexibility index (Phi) is 3.26. The lowest BCUT2D eigenvalue weighted by Gasteiger charge is -1.95. The van der Waals surface area contributed by atoms with E-state index in [9.17, 15) is 4.79 Å². The smallest absolute Gasteiger partial charge is 0.367 e. The van der Waals surface area contributed by atoms with Gasteiger partial charge in [0.15, 0.2) is 0 Å². The van der Waals surface area contributed by atoms with Crippen molar-refractivity contribution < 1.29 is 9.53 Å². The molecule has 0 saturated heterocycles. The third-order valence-electron chi connectivity index (χ3n) is 1.90. The SMILES string of the molecule is CCOC(=O)c1ncc(-c2cccnc2)s1. The maximum absolute atomic E-state index is 11.4. The molecule has 2 heterocycles. The number of aromatic nitrogens is 2. The van der Waals surface area contributed by atoms with E-state index in [1.807, 2.05) is 12.1 Å². The Labute approximate surface area is 96.9 Å². The number of nitrogens with zero attached hydrogens (tertiary/aromatic N) is 2. The second kappa shape index (κ2) is 4.85. The van der Waals surface area contributed by atoms with Crippen LogP contribution in [0.1, 0.15) is 16.7 Å². The number of carbonyl (C=O) groups excluding carboxylic acids is 1. The van der Waals surface area contributed by atoms with Crippen LogP contribution in [0.2, 0.25) is 0 Å². The molecule has 0 saturated carbocycles. The fraction of sp³-hybridized carbons (Fsp3) is 0.182. The number of hydrogen-bond acceptors (Lipinski definition) is 5. The van der Waals surface area contributed by atoms with Gasteiger partial charge in [0, 0.05) is 24.2 Å². The third-order valence-corrected chi connectivity index (χ3v) is 2.93. The highest BCUT2D eigenvalue weighted by Gasteiger charge is 2.12. The van der Waals surface area contributed by atoms with E-state index in [2.05, 4.69) is 9.97 Å². The van der Waals surface area contributed by atoms with Crippen LogP contribution < -0.4 is 0 Å². The molecule has 0 aliphatic rings. The first-order chi connectivity index (χ1) is 7.81. The third kappa shape index (κ3) is 2.25. The molecule has 0 unspecified atom stereocenters. The van der Waals surface area contributed by atoms with Crippen LogP contribution in [0.4, 0.5) is 0 Å². The highest BCUT2D eigenvalue weighted by Crippen LogP contribution is 2.25. The van der Waals surface area contributed by atoms with Crippen molar-refractivity contribution in [3.63, 3.8) is 0 Å². The summed E-state index contributed by atoms with van der Waals surface area (Å²) in [6.07, 6.45) is 5.10. The van der Waals surface area contributed by atoms with E-state index >= 15 is 0 Å². The van der Waals surface area contributed by atoms with Gasteiger partial charge in [-0.2, -0.15) is 0 Å². The van der Waals surface area contributed by atoms with Gasteiger partial charge in [-0.3, -0.25) is 4.98 Å².